The van der Waals surface area contributed by atoms with Gasteiger partial charge >= 0.3 is 11.8 Å². The third-order valence-electron chi connectivity index (χ3n) is 4.89. The summed E-state index contributed by atoms with van der Waals surface area (Å²) in [6, 6.07) is 18.9. The smallest absolute Gasteiger partial charge is 0.329 e. The Hall–Kier alpha value is -4.13. The molecule has 3 aromatic rings. The number of hydrogen-bond donors (Lipinski definition) is 3. The summed E-state index contributed by atoms with van der Waals surface area (Å²) in [6.07, 6.45) is 1.46. The van der Waals surface area contributed by atoms with Gasteiger partial charge in [0.05, 0.1) is 19.0 Å². The molecule has 0 atom stereocenters. The number of amides is 2. The molecule has 3 rings (SSSR count). The average molecular weight is 431 g/mol. The number of ether oxygens (including phenoxy) is 1. The first-order valence-corrected chi connectivity index (χ1v) is 10.1. The van der Waals surface area contributed by atoms with E-state index in [-0.39, 0.29) is 0 Å². The van der Waals surface area contributed by atoms with Crippen molar-refractivity contribution in [2.45, 2.75) is 20.8 Å². The maximum Gasteiger partial charge on any atom is 0.329 e. The highest BCUT2D eigenvalue weighted by molar-refractivity contribution is 6.39. The Bertz CT molecular complexity index is 1170. The lowest BCUT2D eigenvalue weighted by Crippen LogP contribution is -2.32. The van der Waals surface area contributed by atoms with Gasteiger partial charge in [0.1, 0.15) is 5.75 Å². The molecule has 0 saturated heterocycles. The molecule has 0 saturated carbocycles. The van der Waals surface area contributed by atoms with Crippen molar-refractivity contribution in [3.05, 3.63) is 82.9 Å². The van der Waals surface area contributed by atoms with Gasteiger partial charge in [-0.3, -0.25) is 9.59 Å². The van der Waals surface area contributed by atoms with Gasteiger partial charge in [0.2, 0.25) is 0 Å². The number of para-hydroxylation sites is 2. The molecule has 2 amide bonds. The fourth-order valence-electron chi connectivity index (χ4n) is 3.15. The highest BCUT2D eigenvalue weighted by Gasteiger charge is 2.14. The molecule has 32 heavy (non-hydrogen) atoms. The van der Waals surface area contributed by atoms with Crippen molar-refractivity contribution in [3.8, 4) is 5.75 Å². The Kier molecular flexibility index (Phi) is 7.23. The van der Waals surface area contributed by atoms with Gasteiger partial charge in [0.15, 0.2) is 0 Å². The Balaban J connectivity index is 1.72. The van der Waals surface area contributed by atoms with Crippen LogP contribution in [0.5, 0.6) is 5.75 Å². The first-order valence-electron chi connectivity index (χ1n) is 10.1. The van der Waals surface area contributed by atoms with E-state index >= 15 is 0 Å². The van der Waals surface area contributed by atoms with Crippen LogP contribution in [0.15, 0.2) is 65.8 Å². The highest BCUT2D eigenvalue weighted by Crippen LogP contribution is 2.31. The molecule has 164 valence electrons. The van der Waals surface area contributed by atoms with E-state index in [1.165, 1.54) is 6.21 Å². The number of carbonyl (C=O) groups excluding carboxylic acids is 2. The zero-order chi connectivity index (χ0) is 23.1. The zero-order valence-corrected chi connectivity index (χ0v) is 18.5. The number of benzene rings is 3. The summed E-state index contributed by atoms with van der Waals surface area (Å²) in [5, 5.41) is 9.91. The molecule has 0 fully saturated rings. The van der Waals surface area contributed by atoms with Gasteiger partial charge in [-0.2, -0.15) is 5.10 Å². The molecule has 3 N–H and O–H groups in total. The van der Waals surface area contributed by atoms with E-state index < -0.39 is 11.8 Å². The van der Waals surface area contributed by atoms with Crippen molar-refractivity contribution in [2.75, 3.05) is 17.7 Å². The topological polar surface area (TPSA) is 91.8 Å². The van der Waals surface area contributed by atoms with E-state index in [9.17, 15) is 9.59 Å². The second-order valence-corrected chi connectivity index (χ2v) is 7.34. The number of nitrogens with one attached hydrogen (secondary N) is 3. The summed E-state index contributed by atoms with van der Waals surface area (Å²) < 4.78 is 5.47. The average Bonchev–Trinajstić information content (AvgIpc) is 2.77. The summed E-state index contributed by atoms with van der Waals surface area (Å²) in [5.74, 6) is -1.04. The maximum absolute atomic E-state index is 12.2. The molecule has 0 radical (unpaired) electrons. The van der Waals surface area contributed by atoms with Crippen molar-refractivity contribution in [1.82, 2.24) is 5.43 Å². The van der Waals surface area contributed by atoms with Crippen LogP contribution in [0.2, 0.25) is 0 Å². The Morgan fingerprint density at radius 1 is 0.875 bits per heavy atom. The lowest BCUT2D eigenvalue weighted by atomic mass is 10.1. The third-order valence-corrected chi connectivity index (χ3v) is 4.89. The monoisotopic (exact) mass is 430 g/mol. The van der Waals surface area contributed by atoms with E-state index in [4.69, 9.17) is 4.74 Å². The lowest BCUT2D eigenvalue weighted by Gasteiger charge is -2.15. The van der Waals surface area contributed by atoms with Gasteiger partial charge in [-0.15, -0.1) is 0 Å². The lowest BCUT2D eigenvalue weighted by molar-refractivity contribution is -0.136. The molecular formula is C25H26N4O3. The zero-order valence-electron chi connectivity index (χ0n) is 18.5. The van der Waals surface area contributed by atoms with Gasteiger partial charge in [-0.1, -0.05) is 48.0 Å². The minimum atomic E-state index is -0.863. The maximum atomic E-state index is 12.2. The fourth-order valence-corrected chi connectivity index (χ4v) is 3.15. The number of anilines is 3. The van der Waals surface area contributed by atoms with E-state index in [1.54, 1.807) is 13.2 Å². The van der Waals surface area contributed by atoms with Crippen LogP contribution >= 0.6 is 0 Å². The number of hydrazone groups is 1. The number of hydrogen-bond acceptors (Lipinski definition) is 5. The summed E-state index contributed by atoms with van der Waals surface area (Å²) in [4.78, 5) is 24.4. The Morgan fingerprint density at radius 2 is 1.66 bits per heavy atom. The standard InChI is InChI=1S/C25H26N4O3/c1-16-12-13-21(18(3)14-16)28-24(30)25(31)29-26-15-19-9-7-11-22(32-4)23(19)27-20-10-6-5-8-17(20)2/h5-15,27H,1-4H3,(H,28,30)(H,29,31)/b26-15-. The second-order valence-electron chi connectivity index (χ2n) is 7.34. The van der Waals surface area contributed by atoms with E-state index in [0.29, 0.717) is 22.7 Å². The quantitative estimate of drug-likeness (QED) is 0.306. The van der Waals surface area contributed by atoms with Crippen LogP contribution < -0.4 is 20.8 Å². The minimum Gasteiger partial charge on any atom is -0.495 e. The second kappa shape index (κ2) is 10.3. The molecule has 0 unspecified atom stereocenters. The largest absolute Gasteiger partial charge is 0.495 e. The Labute approximate surface area is 187 Å². The van der Waals surface area contributed by atoms with Gasteiger partial charge in [0.25, 0.3) is 0 Å². The summed E-state index contributed by atoms with van der Waals surface area (Å²) in [5.41, 5.74) is 8.16. The van der Waals surface area contributed by atoms with Gasteiger partial charge in [-0.05, 0) is 50.1 Å². The normalized spacial score (nSPS) is 10.6. The molecule has 0 aromatic heterocycles. The van der Waals surface area contributed by atoms with Crippen LogP contribution in [0.1, 0.15) is 22.3 Å². The van der Waals surface area contributed by atoms with E-state index in [0.717, 1.165) is 22.4 Å². The van der Waals surface area contributed by atoms with Crippen LogP contribution in [-0.4, -0.2) is 25.1 Å². The minimum absolute atomic E-state index is 0.581. The number of carbonyl (C=O) groups is 2. The van der Waals surface area contributed by atoms with Crippen molar-refractivity contribution in [3.63, 3.8) is 0 Å². The molecular weight excluding hydrogens is 404 g/mol. The van der Waals surface area contributed by atoms with Crippen molar-refractivity contribution < 1.29 is 14.3 Å². The molecule has 0 aliphatic heterocycles. The third kappa shape index (κ3) is 5.51. The van der Waals surface area contributed by atoms with E-state index in [2.05, 4.69) is 21.2 Å². The van der Waals surface area contributed by atoms with Crippen LogP contribution in [0.3, 0.4) is 0 Å². The highest BCUT2D eigenvalue weighted by atomic mass is 16.5. The first-order chi connectivity index (χ1) is 15.4. The van der Waals surface area contributed by atoms with Gasteiger partial charge in [0, 0.05) is 16.9 Å². The summed E-state index contributed by atoms with van der Waals surface area (Å²) >= 11 is 0. The van der Waals surface area contributed by atoms with Crippen LogP contribution in [0.25, 0.3) is 0 Å². The molecule has 0 bridgehead atoms. The number of aryl methyl sites for hydroxylation is 3. The Morgan fingerprint density at radius 3 is 2.38 bits per heavy atom. The number of rotatable bonds is 6. The molecule has 0 aliphatic carbocycles. The summed E-state index contributed by atoms with van der Waals surface area (Å²) in [7, 11) is 1.58. The molecule has 0 heterocycles. The number of methoxy groups -OCH3 is 1. The van der Waals surface area contributed by atoms with Crippen molar-refractivity contribution in [1.29, 1.82) is 0 Å². The predicted molar refractivity (Wildman–Crippen MR) is 128 cm³/mol. The van der Waals surface area contributed by atoms with Crippen molar-refractivity contribution >= 4 is 35.1 Å². The molecule has 0 aliphatic rings. The van der Waals surface area contributed by atoms with Crippen LogP contribution in [0.4, 0.5) is 17.1 Å². The SMILES string of the molecule is COc1cccc(/C=N\NC(=O)C(=O)Nc2ccc(C)cc2C)c1Nc1ccccc1C. The number of nitrogens with zero attached hydrogens (tertiary/aromatic N) is 1. The van der Waals surface area contributed by atoms with Crippen LogP contribution in [0, 0.1) is 20.8 Å². The van der Waals surface area contributed by atoms with Gasteiger partial charge in [-0.25, -0.2) is 5.43 Å². The van der Waals surface area contributed by atoms with Crippen LogP contribution in [-0.2, 0) is 9.59 Å². The molecule has 7 heteroatoms. The molecule has 0 spiro atoms. The van der Waals surface area contributed by atoms with E-state index in [1.807, 2.05) is 75.4 Å². The summed E-state index contributed by atoms with van der Waals surface area (Å²) in [6.45, 7) is 5.82. The first kappa shape index (κ1) is 22.6. The predicted octanol–water partition coefficient (Wildman–Crippen LogP) is 4.45. The fraction of sp³-hybridized carbons (Fsp3) is 0.160. The van der Waals surface area contributed by atoms with Crippen molar-refractivity contribution in [2.24, 2.45) is 5.10 Å². The molecule has 7 nitrogen and oxygen atoms in total. The molecule has 3 aromatic carbocycles. The van der Waals surface area contributed by atoms with Gasteiger partial charge < -0.3 is 15.4 Å².